The number of rotatable bonds is 5. The Balaban J connectivity index is 1.97. The number of sulfonamides is 1. The van der Waals surface area contributed by atoms with Crippen LogP contribution in [0.3, 0.4) is 0 Å². The van der Waals surface area contributed by atoms with E-state index in [0.29, 0.717) is 0 Å². The SMILES string of the molecule is COC(=O)[C@@H]1N=CN(S(=O)(=O)c2ccccc2)[C@H]1/C=C/c1ccccc1. The van der Waals surface area contributed by atoms with Gasteiger partial charge in [0.1, 0.15) is 6.34 Å². The minimum absolute atomic E-state index is 0.134. The maximum absolute atomic E-state index is 13.0. The zero-order valence-electron chi connectivity index (χ0n) is 14.1. The molecule has 0 radical (unpaired) electrons. The van der Waals surface area contributed by atoms with E-state index < -0.39 is 28.1 Å². The van der Waals surface area contributed by atoms with Crippen LogP contribution in [0.15, 0.2) is 76.6 Å². The quantitative estimate of drug-likeness (QED) is 0.757. The van der Waals surface area contributed by atoms with Gasteiger partial charge in [-0.05, 0) is 17.7 Å². The molecule has 0 aliphatic carbocycles. The molecule has 26 heavy (non-hydrogen) atoms. The predicted octanol–water partition coefficient (Wildman–Crippen LogP) is 2.34. The summed E-state index contributed by atoms with van der Waals surface area (Å²) in [5, 5.41) is 0. The largest absolute Gasteiger partial charge is 0.467 e. The number of esters is 1. The van der Waals surface area contributed by atoms with E-state index >= 15 is 0 Å². The minimum Gasteiger partial charge on any atom is -0.467 e. The van der Waals surface area contributed by atoms with Crippen molar-refractivity contribution in [1.29, 1.82) is 0 Å². The number of carbonyl (C=O) groups is 1. The number of benzene rings is 2. The Hall–Kier alpha value is -2.93. The Kier molecular flexibility index (Phi) is 5.18. The van der Waals surface area contributed by atoms with Crippen molar-refractivity contribution in [2.75, 3.05) is 7.11 Å². The third kappa shape index (κ3) is 3.52. The molecule has 1 heterocycles. The summed E-state index contributed by atoms with van der Waals surface area (Å²) in [5.41, 5.74) is 0.889. The van der Waals surface area contributed by atoms with E-state index in [9.17, 15) is 13.2 Å². The average molecular weight is 370 g/mol. The number of ether oxygens (including phenoxy) is 1. The highest BCUT2D eigenvalue weighted by Gasteiger charge is 2.41. The highest BCUT2D eigenvalue weighted by Crippen LogP contribution is 2.25. The van der Waals surface area contributed by atoms with Gasteiger partial charge < -0.3 is 4.74 Å². The van der Waals surface area contributed by atoms with Crippen molar-refractivity contribution >= 4 is 28.4 Å². The van der Waals surface area contributed by atoms with Crippen LogP contribution in [0.25, 0.3) is 6.08 Å². The van der Waals surface area contributed by atoms with Crippen molar-refractivity contribution in [2.24, 2.45) is 4.99 Å². The fourth-order valence-electron chi connectivity index (χ4n) is 2.66. The van der Waals surface area contributed by atoms with E-state index in [-0.39, 0.29) is 4.90 Å². The van der Waals surface area contributed by atoms with E-state index in [1.165, 1.54) is 25.6 Å². The summed E-state index contributed by atoms with van der Waals surface area (Å²) in [6.07, 6.45) is 4.61. The fraction of sp³-hybridized carbons (Fsp3) is 0.158. The molecule has 0 N–H and O–H groups in total. The molecular formula is C19H18N2O4S. The lowest BCUT2D eigenvalue weighted by atomic mass is 10.1. The zero-order valence-corrected chi connectivity index (χ0v) is 14.9. The zero-order chi connectivity index (χ0) is 18.6. The van der Waals surface area contributed by atoms with Gasteiger partial charge in [-0.1, -0.05) is 60.7 Å². The molecule has 1 aliphatic rings. The molecule has 134 valence electrons. The normalized spacial score (nSPS) is 19.8. The van der Waals surface area contributed by atoms with Gasteiger partial charge in [-0.25, -0.2) is 17.5 Å². The summed E-state index contributed by atoms with van der Waals surface area (Å²) in [4.78, 5) is 16.3. The van der Waals surface area contributed by atoms with Crippen LogP contribution in [-0.2, 0) is 19.6 Å². The number of nitrogens with zero attached hydrogens (tertiary/aromatic N) is 2. The Labute approximate surface area is 152 Å². The lowest BCUT2D eigenvalue weighted by Gasteiger charge is -2.24. The molecule has 0 saturated heterocycles. The monoisotopic (exact) mass is 370 g/mol. The van der Waals surface area contributed by atoms with Crippen LogP contribution in [0.4, 0.5) is 0 Å². The molecule has 0 saturated carbocycles. The molecular weight excluding hydrogens is 352 g/mol. The average Bonchev–Trinajstić information content (AvgIpc) is 3.12. The van der Waals surface area contributed by atoms with Crippen molar-refractivity contribution < 1.29 is 17.9 Å². The maximum atomic E-state index is 13.0. The van der Waals surface area contributed by atoms with Crippen LogP contribution < -0.4 is 0 Å². The van der Waals surface area contributed by atoms with Gasteiger partial charge in [-0.3, -0.25) is 4.99 Å². The van der Waals surface area contributed by atoms with E-state index in [1.807, 2.05) is 30.3 Å². The Morgan fingerprint density at radius 1 is 1.08 bits per heavy atom. The molecule has 2 aromatic rings. The predicted molar refractivity (Wildman–Crippen MR) is 99.0 cm³/mol. The molecule has 2 aromatic carbocycles. The second kappa shape index (κ2) is 7.53. The second-order valence-corrected chi connectivity index (χ2v) is 7.48. The summed E-state index contributed by atoms with van der Waals surface area (Å²) in [6.45, 7) is 0. The van der Waals surface area contributed by atoms with Crippen LogP contribution >= 0.6 is 0 Å². The van der Waals surface area contributed by atoms with Gasteiger partial charge in [0.2, 0.25) is 0 Å². The summed E-state index contributed by atoms with van der Waals surface area (Å²) >= 11 is 0. The highest BCUT2D eigenvalue weighted by atomic mass is 32.2. The highest BCUT2D eigenvalue weighted by molar-refractivity contribution is 7.89. The van der Waals surface area contributed by atoms with E-state index in [1.54, 1.807) is 30.4 Å². The van der Waals surface area contributed by atoms with Crippen molar-refractivity contribution in [3.63, 3.8) is 0 Å². The first-order valence-corrected chi connectivity index (χ1v) is 9.41. The third-order valence-corrected chi connectivity index (χ3v) is 5.77. The third-order valence-electron chi connectivity index (χ3n) is 4.01. The van der Waals surface area contributed by atoms with Crippen LogP contribution in [0, 0.1) is 0 Å². The van der Waals surface area contributed by atoms with E-state index in [2.05, 4.69) is 4.99 Å². The van der Waals surface area contributed by atoms with Gasteiger partial charge in [0.15, 0.2) is 6.04 Å². The molecule has 0 fully saturated rings. The van der Waals surface area contributed by atoms with Gasteiger partial charge >= 0.3 is 5.97 Å². The number of carbonyl (C=O) groups excluding carboxylic acids is 1. The first-order valence-electron chi connectivity index (χ1n) is 7.97. The summed E-state index contributed by atoms with van der Waals surface area (Å²) in [7, 11) is -2.59. The summed E-state index contributed by atoms with van der Waals surface area (Å²) in [5.74, 6) is -0.588. The molecule has 7 heteroatoms. The van der Waals surface area contributed by atoms with Crippen molar-refractivity contribution in [3.05, 3.63) is 72.3 Å². The summed E-state index contributed by atoms with van der Waals surface area (Å²) in [6, 6.07) is 15.7. The first kappa shape index (κ1) is 17.9. The Morgan fingerprint density at radius 2 is 1.69 bits per heavy atom. The molecule has 0 amide bonds. The molecule has 0 unspecified atom stereocenters. The smallest absolute Gasteiger partial charge is 0.333 e. The first-order chi connectivity index (χ1) is 12.5. The van der Waals surface area contributed by atoms with Gasteiger partial charge in [-0.2, -0.15) is 0 Å². The Bertz CT molecular complexity index is 925. The van der Waals surface area contributed by atoms with Crippen LogP contribution in [0.2, 0.25) is 0 Å². The van der Waals surface area contributed by atoms with E-state index in [4.69, 9.17) is 4.74 Å². The lowest BCUT2D eigenvalue weighted by molar-refractivity contribution is -0.142. The van der Waals surface area contributed by atoms with Crippen LogP contribution in [0.5, 0.6) is 0 Å². The fourth-order valence-corrected chi connectivity index (χ4v) is 4.09. The van der Waals surface area contributed by atoms with Crippen LogP contribution in [-0.4, -0.2) is 44.2 Å². The molecule has 6 nitrogen and oxygen atoms in total. The van der Waals surface area contributed by atoms with Gasteiger partial charge in [-0.15, -0.1) is 0 Å². The van der Waals surface area contributed by atoms with Crippen molar-refractivity contribution in [1.82, 2.24) is 4.31 Å². The Morgan fingerprint density at radius 3 is 2.31 bits per heavy atom. The lowest BCUT2D eigenvalue weighted by Crippen LogP contribution is -2.42. The molecule has 0 bridgehead atoms. The van der Waals surface area contributed by atoms with Gasteiger partial charge in [0.05, 0.1) is 18.0 Å². The number of hydrogen-bond acceptors (Lipinski definition) is 5. The molecule has 3 rings (SSSR count). The number of hydrogen-bond donors (Lipinski definition) is 0. The van der Waals surface area contributed by atoms with E-state index in [0.717, 1.165) is 9.87 Å². The maximum Gasteiger partial charge on any atom is 0.333 e. The molecule has 0 spiro atoms. The van der Waals surface area contributed by atoms with Gasteiger partial charge in [0.25, 0.3) is 10.0 Å². The minimum atomic E-state index is -3.84. The summed E-state index contributed by atoms with van der Waals surface area (Å²) < 4.78 is 31.8. The van der Waals surface area contributed by atoms with Crippen molar-refractivity contribution in [3.8, 4) is 0 Å². The molecule has 0 aromatic heterocycles. The van der Waals surface area contributed by atoms with Crippen molar-refractivity contribution in [2.45, 2.75) is 17.0 Å². The molecule has 1 aliphatic heterocycles. The topological polar surface area (TPSA) is 76.0 Å². The molecule has 2 atom stereocenters. The van der Waals surface area contributed by atoms with Crippen LogP contribution in [0.1, 0.15) is 5.56 Å². The number of methoxy groups -OCH3 is 1. The standard InChI is InChI=1S/C19H18N2O4S/c1-25-19(22)18-17(13-12-15-8-4-2-5-9-15)21(14-20-18)26(23,24)16-10-6-3-7-11-16/h2-14,17-18H,1H3/b13-12+/t17-,18+/m0/s1. The van der Waals surface area contributed by atoms with Gasteiger partial charge in [0, 0.05) is 0 Å². The number of aliphatic imine (C=N–C) groups is 1. The second-order valence-electron chi connectivity index (χ2n) is 5.64.